The minimum atomic E-state index is -4.74. The third-order valence-corrected chi connectivity index (χ3v) is 3.63. The number of hydrogen-bond donors (Lipinski definition) is 2. The number of hydrogen-bond acceptors (Lipinski definition) is 4. The lowest BCUT2D eigenvalue weighted by molar-refractivity contribution is -0.141. The van der Waals surface area contributed by atoms with E-state index in [4.69, 9.17) is 0 Å². The van der Waals surface area contributed by atoms with Gasteiger partial charge in [0.05, 0.1) is 5.75 Å². The third-order valence-electron chi connectivity index (χ3n) is 2.75. The number of halogens is 4. The zero-order valence-electron chi connectivity index (χ0n) is 12.0. The van der Waals surface area contributed by atoms with E-state index in [1.807, 2.05) is 0 Å². The van der Waals surface area contributed by atoms with Crippen LogP contribution in [-0.4, -0.2) is 21.6 Å². The number of benzene rings is 1. The van der Waals surface area contributed by atoms with E-state index < -0.39 is 29.2 Å². The van der Waals surface area contributed by atoms with Crippen LogP contribution in [0.1, 0.15) is 11.3 Å². The Morgan fingerprint density at radius 2 is 1.92 bits per heavy atom. The zero-order valence-corrected chi connectivity index (χ0v) is 12.8. The van der Waals surface area contributed by atoms with Crippen LogP contribution in [0.4, 0.5) is 17.6 Å². The lowest BCUT2D eigenvalue weighted by Gasteiger charge is -2.07. The number of nitrogens with one attached hydrogen (secondary N) is 2. The summed E-state index contributed by atoms with van der Waals surface area (Å²) in [5.74, 6) is -1.10. The summed E-state index contributed by atoms with van der Waals surface area (Å²) in [7, 11) is 0. The van der Waals surface area contributed by atoms with Gasteiger partial charge in [0.2, 0.25) is 5.91 Å². The summed E-state index contributed by atoms with van der Waals surface area (Å²) in [5.41, 5.74) is -1.60. The van der Waals surface area contributed by atoms with E-state index in [9.17, 15) is 27.2 Å². The molecule has 0 aliphatic rings. The number of carbonyl (C=O) groups is 1. The molecule has 0 saturated heterocycles. The number of rotatable bonds is 5. The van der Waals surface area contributed by atoms with Gasteiger partial charge in [-0.2, -0.15) is 13.2 Å². The first kappa shape index (κ1) is 18.0. The van der Waals surface area contributed by atoms with E-state index in [0.717, 1.165) is 0 Å². The van der Waals surface area contributed by atoms with E-state index in [2.05, 4.69) is 15.3 Å². The minimum Gasteiger partial charge on any atom is -0.351 e. The number of carbonyl (C=O) groups excluding carboxylic acids is 1. The van der Waals surface area contributed by atoms with E-state index >= 15 is 0 Å². The van der Waals surface area contributed by atoms with Crippen molar-refractivity contribution >= 4 is 17.7 Å². The highest BCUT2D eigenvalue weighted by Gasteiger charge is 2.33. The highest BCUT2D eigenvalue weighted by molar-refractivity contribution is 7.99. The largest absolute Gasteiger partial charge is 0.433 e. The van der Waals surface area contributed by atoms with Gasteiger partial charge in [-0.25, -0.2) is 9.37 Å². The molecule has 0 aliphatic heterocycles. The van der Waals surface area contributed by atoms with Crippen LogP contribution in [0.15, 0.2) is 40.3 Å². The smallest absolute Gasteiger partial charge is 0.351 e. The molecule has 24 heavy (non-hydrogen) atoms. The van der Waals surface area contributed by atoms with Gasteiger partial charge >= 0.3 is 6.18 Å². The third kappa shape index (κ3) is 5.37. The summed E-state index contributed by atoms with van der Waals surface area (Å²) in [6, 6.07) is 5.82. The van der Waals surface area contributed by atoms with Gasteiger partial charge in [-0.1, -0.05) is 23.9 Å². The minimum absolute atomic E-state index is 0.145. The Bertz CT molecular complexity index is 775. The highest BCUT2D eigenvalue weighted by atomic mass is 32.2. The molecule has 0 radical (unpaired) electrons. The predicted octanol–water partition coefficient (Wildman–Crippen LogP) is 2.34. The first-order chi connectivity index (χ1) is 11.2. The molecule has 1 heterocycles. The van der Waals surface area contributed by atoms with E-state index in [0.29, 0.717) is 23.4 Å². The molecule has 0 unspecified atom stereocenters. The normalized spacial score (nSPS) is 11.3. The molecule has 1 amide bonds. The summed E-state index contributed by atoms with van der Waals surface area (Å²) in [6.45, 7) is 0.145. The van der Waals surface area contributed by atoms with Crippen LogP contribution in [0.5, 0.6) is 0 Å². The van der Waals surface area contributed by atoms with Crippen LogP contribution in [-0.2, 0) is 17.5 Å². The average molecular weight is 361 g/mol. The van der Waals surface area contributed by atoms with Gasteiger partial charge in [0, 0.05) is 12.6 Å². The summed E-state index contributed by atoms with van der Waals surface area (Å²) in [6.07, 6.45) is -4.74. The fourth-order valence-corrected chi connectivity index (χ4v) is 2.34. The van der Waals surface area contributed by atoms with E-state index in [-0.39, 0.29) is 17.5 Å². The quantitative estimate of drug-likeness (QED) is 0.487. The molecule has 2 aromatic rings. The van der Waals surface area contributed by atoms with Gasteiger partial charge in [-0.05, 0) is 17.7 Å². The molecular weight excluding hydrogens is 350 g/mol. The van der Waals surface area contributed by atoms with Gasteiger partial charge in [-0.3, -0.25) is 9.59 Å². The van der Waals surface area contributed by atoms with E-state index in [1.54, 1.807) is 0 Å². The molecule has 1 aromatic carbocycles. The SMILES string of the molecule is O=C(CSc1nc(C(F)(F)F)cc(=O)[nH]1)NCc1ccc(F)cc1. The first-order valence-corrected chi connectivity index (χ1v) is 7.55. The average Bonchev–Trinajstić information content (AvgIpc) is 2.51. The molecule has 10 heteroatoms. The van der Waals surface area contributed by atoms with Crippen molar-refractivity contribution in [3.63, 3.8) is 0 Å². The summed E-state index contributed by atoms with van der Waals surface area (Å²) in [5, 5.41) is 2.22. The van der Waals surface area contributed by atoms with Crippen molar-refractivity contribution in [3.8, 4) is 0 Å². The Hall–Kier alpha value is -2.36. The second-order valence-electron chi connectivity index (χ2n) is 4.63. The van der Waals surface area contributed by atoms with Gasteiger partial charge in [0.1, 0.15) is 5.82 Å². The van der Waals surface area contributed by atoms with Crippen molar-refractivity contribution < 1.29 is 22.4 Å². The molecule has 128 valence electrons. The number of aromatic amines is 1. The summed E-state index contributed by atoms with van der Waals surface area (Å²) < 4.78 is 50.4. The number of thioether (sulfide) groups is 1. The Morgan fingerprint density at radius 3 is 2.54 bits per heavy atom. The maximum Gasteiger partial charge on any atom is 0.433 e. The molecular formula is C14H11F4N3O2S. The van der Waals surface area contributed by atoms with Gasteiger partial charge in [0.15, 0.2) is 10.9 Å². The zero-order chi connectivity index (χ0) is 17.7. The van der Waals surface area contributed by atoms with Crippen LogP contribution < -0.4 is 10.9 Å². The summed E-state index contributed by atoms with van der Waals surface area (Å²) >= 11 is 0.672. The molecule has 2 N–H and O–H groups in total. The van der Waals surface area contributed by atoms with Gasteiger partial charge < -0.3 is 10.3 Å². The summed E-state index contributed by atoms with van der Waals surface area (Å²) in [4.78, 5) is 28.3. The predicted molar refractivity (Wildman–Crippen MR) is 78.8 cm³/mol. The maximum atomic E-state index is 12.7. The fourth-order valence-electron chi connectivity index (χ4n) is 1.64. The number of H-pyrrole nitrogens is 1. The van der Waals surface area contributed by atoms with E-state index in [1.165, 1.54) is 24.3 Å². The number of alkyl halides is 3. The van der Waals surface area contributed by atoms with Crippen LogP contribution >= 0.6 is 11.8 Å². The maximum absolute atomic E-state index is 12.7. The van der Waals surface area contributed by atoms with Crippen molar-refractivity contribution in [2.24, 2.45) is 0 Å². The lowest BCUT2D eigenvalue weighted by Crippen LogP contribution is -2.25. The van der Waals surface area contributed by atoms with Crippen LogP contribution in [0.2, 0.25) is 0 Å². The molecule has 0 fully saturated rings. The number of nitrogens with zero attached hydrogens (tertiary/aromatic N) is 1. The molecule has 2 rings (SSSR count). The van der Waals surface area contributed by atoms with Crippen molar-refractivity contribution in [2.75, 3.05) is 5.75 Å². The van der Waals surface area contributed by atoms with Gasteiger partial charge in [-0.15, -0.1) is 0 Å². The monoisotopic (exact) mass is 361 g/mol. The molecule has 5 nitrogen and oxygen atoms in total. The van der Waals surface area contributed by atoms with Crippen LogP contribution in [0.25, 0.3) is 0 Å². The second kappa shape index (κ2) is 7.47. The molecule has 0 saturated carbocycles. The Labute approximate surface area is 137 Å². The molecule has 1 aromatic heterocycles. The molecule has 0 aliphatic carbocycles. The lowest BCUT2D eigenvalue weighted by atomic mass is 10.2. The van der Waals surface area contributed by atoms with Crippen molar-refractivity contribution in [1.29, 1.82) is 0 Å². The van der Waals surface area contributed by atoms with Crippen molar-refractivity contribution in [3.05, 3.63) is 57.8 Å². The van der Waals surface area contributed by atoms with Crippen LogP contribution in [0.3, 0.4) is 0 Å². The molecule has 0 bridgehead atoms. The number of amides is 1. The highest BCUT2D eigenvalue weighted by Crippen LogP contribution is 2.27. The Morgan fingerprint density at radius 1 is 1.25 bits per heavy atom. The van der Waals surface area contributed by atoms with Gasteiger partial charge in [0.25, 0.3) is 5.56 Å². The Balaban J connectivity index is 1.91. The van der Waals surface area contributed by atoms with Crippen molar-refractivity contribution in [2.45, 2.75) is 17.9 Å². The van der Waals surface area contributed by atoms with Crippen molar-refractivity contribution in [1.82, 2.24) is 15.3 Å². The second-order valence-corrected chi connectivity index (χ2v) is 5.59. The number of aromatic nitrogens is 2. The van der Waals surface area contributed by atoms with Crippen LogP contribution in [0, 0.1) is 5.82 Å². The first-order valence-electron chi connectivity index (χ1n) is 6.56. The fraction of sp³-hybridized carbons (Fsp3) is 0.214. The molecule has 0 spiro atoms. The topological polar surface area (TPSA) is 74.8 Å². The molecule has 0 atom stereocenters. The standard InChI is InChI=1S/C14H11F4N3O2S/c15-9-3-1-8(2-4-9)6-19-12(23)7-24-13-20-10(14(16,17)18)5-11(22)21-13/h1-5H,6-7H2,(H,19,23)(H,20,21,22). The Kier molecular flexibility index (Phi) is 5.60.